The molecule has 0 nitrogen and oxygen atoms in total. The maximum absolute atomic E-state index is 13.5. The second kappa shape index (κ2) is 12.9. The summed E-state index contributed by atoms with van der Waals surface area (Å²) < 4.78 is 45.8. The van der Waals surface area contributed by atoms with Crippen LogP contribution in [-0.2, 0) is 6.18 Å². The summed E-state index contributed by atoms with van der Waals surface area (Å²) in [6.45, 7) is 13.8. The fraction of sp³-hybridized carbons (Fsp3) is 0.667. The molecule has 0 amide bonds. The average molecular weight is 561 g/mol. The monoisotopic (exact) mass is 562 g/mol. The molecule has 0 bridgehead atoms. The fourth-order valence-electron chi connectivity index (χ4n) is 4.02. The van der Waals surface area contributed by atoms with Gasteiger partial charge >= 0.3 is 191 Å². The first-order valence-corrected chi connectivity index (χ1v) is 24.7. The number of hydrogen-bond donors (Lipinski definition) is 0. The van der Waals surface area contributed by atoms with Crippen LogP contribution in [0.15, 0.2) is 30.0 Å². The molecule has 0 unspecified atom stereocenters. The summed E-state index contributed by atoms with van der Waals surface area (Å²) >= 11 is -2.85. The fourth-order valence-corrected chi connectivity index (χ4v) is 26.7. The molecule has 0 saturated heterocycles. The second-order valence-corrected chi connectivity index (χ2v) is 33.2. The van der Waals surface area contributed by atoms with Gasteiger partial charge in [0.25, 0.3) is 0 Å². The number of alkyl halides is 3. The zero-order valence-corrected chi connectivity index (χ0v) is 24.7. The van der Waals surface area contributed by atoms with Gasteiger partial charge in [-0.1, -0.05) is 0 Å². The van der Waals surface area contributed by atoms with Crippen molar-refractivity contribution in [2.45, 2.75) is 98.4 Å². The van der Waals surface area contributed by atoms with E-state index in [-0.39, 0.29) is 0 Å². The topological polar surface area (TPSA) is 0 Å². The maximum atomic E-state index is 13.5. The van der Waals surface area contributed by atoms with Crippen LogP contribution in [0.1, 0.15) is 70.4 Å². The Morgan fingerprint density at radius 3 is 1.83 bits per heavy atom. The van der Waals surface area contributed by atoms with E-state index in [2.05, 4.69) is 46.1 Å². The Hall–Kier alpha value is -0.0175. The number of halogens is 3. The molecule has 1 rings (SSSR count). The van der Waals surface area contributed by atoms with Crippen molar-refractivity contribution >= 4 is 38.6 Å². The van der Waals surface area contributed by atoms with Gasteiger partial charge < -0.3 is 0 Å². The number of unbranched alkanes of at least 4 members (excludes halogenated alkanes) is 3. The Balaban J connectivity index is 3.63. The van der Waals surface area contributed by atoms with Crippen molar-refractivity contribution in [1.82, 2.24) is 0 Å². The molecule has 0 aliphatic heterocycles. The first kappa shape index (κ1) is 28.0. The molecule has 0 heterocycles. The summed E-state index contributed by atoms with van der Waals surface area (Å²) in [7, 11) is -0.545. The van der Waals surface area contributed by atoms with E-state index in [9.17, 15) is 13.2 Å². The van der Waals surface area contributed by atoms with Crippen molar-refractivity contribution in [3.8, 4) is 0 Å². The summed E-state index contributed by atoms with van der Waals surface area (Å²) in [6.07, 6.45) is 2.88. The van der Waals surface area contributed by atoms with Crippen LogP contribution in [0.25, 0.3) is 3.59 Å². The molecule has 0 saturated carbocycles. The number of hydrogen-bond acceptors (Lipinski definition) is 0. The molecule has 0 aliphatic rings. The van der Waals surface area contributed by atoms with Gasteiger partial charge in [-0.15, -0.1) is 0 Å². The third kappa shape index (κ3) is 9.23. The molecule has 170 valence electrons. The van der Waals surface area contributed by atoms with Gasteiger partial charge in [0.2, 0.25) is 0 Å². The molecule has 6 heteroatoms. The molecule has 0 atom stereocenters. The van der Waals surface area contributed by atoms with Crippen LogP contribution in [0.3, 0.4) is 0 Å². The minimum atomic E-state index is -4.28. The zero-order valence-electron chi connectivity index (χ0n) is 19.9. The molecule has 0 aromatic heterocycles. The van der Waals surface area contributed by atoms with E-state index < -0.39 is 37.7 Å². The first-order valence-electron chi connectivity index (χ1n) is 11.6. The van der Waals surface area contributed by atoms with E-state index in [1.165, 1.54) is 67.6 Å². The van der Waals surface area contributed by atoms with Crippen molar-refractivity contribution in [1.29, 1.82) is 0 Å². The summed E-state index contributed by atoms with van der Waals surface area (Å²) in [5.74, 6) is 0. The zero-order chi connectivity index (χ0) is 22.8. The van der Waals surface area contributed by atoms with Crippen molar-refractivity contribution in [3.63, 3.8) is 0 Å². The normalized spacial score (nSPS) is 13.7. The Bertz CT molecular complexity index is 641. The predicted molar refractivity (Wildman–Crippen MR) is 133 cm³/mol. The number of rotatable bonds is 13. The molecular weight excluding hydrogens is 520 g/mol. The van der Waals surface area contributed by atoms with Crippen LogP contribution in [0.2, 0.25) is 33.0 Å². The molecule has 1 aromatic carbocycles. The Morgan fingerprint density at radius 2 is 1.43 bits per heavy atom. The summed E-state index contributed by atoms with van der Waals surface area (Å²) in [5, 5.41) is 0. The van der Waals surface area contributed by atoms with Gasteiger partial charge in [-0.25, -0.2) is 0 Å². The van der Waals surface area contributed by atoms with Gasteiger partial charge in [-0.05, 0) is 0 Å². The van der Waals surface area contributed by atoms with E-state index in [1.807, 2.05) is 6.07 Å². The Morgan fingerprint density at radius 1 is 0.933 bits per heavy atom. The average Bonchev–Trinajstić information content (AvgIpc) is 2.67. The van der Waals surface area contributed by atoms with Gasteiger partial charge in [0.15, 0.2) is 0 Å². The van der Waals surface area contributed by atoms with Crippen molar-refractivity contribution in [2.24, 2.45) is 0 Å². The van der Waals surface area contributed by atoms with Gasteiger partial charge in [-0.3, -0.25) is 0 Å². The minimum absolute atomic E-state index is 0.496. The standard InChI is InChI=1S/C12H14F3Si2.3C4H9.Sn/c1-17(2,3)16-8-7-10-5-4-6-11(9-10)12(13,14)15;3*1-3-4-2;/h4-6,8-9H,1-3H3;3*1,3-4H2,2H3;. The van der Waals surface area contributed by atoms with Crippen molar-refractivity contribution < 1.29 is 13.2 Å². The van der Waals surface area contributed by atoms with E-state index in [0.29, 0.717) is 0 Å². The van der Waals surface area contributed by atoms with Crippen LogP contribution in [0.5, 0.6) is 0 Å². The Kier molecular flexibility index (Phi) is 12.0. The number of benzene rings is 1. The molecule has 0 N–H and O–H groups in total. The molecular formula is C24H41F3Si2Sn. The van der Waals surface area contributed by atoms with Gasteiger partial charge in [0.1, 0.15) is 0 Å². The van der Waals surface area contributed by atoms with Crippen LogP contribution >= 0.6 is 0 Å². The van der Waals surface area contributed by atoms with Crippen LogP contribution in [0.4, 0.5) is 13.2 Å². The third-order valence-electron chi connectivity index (χ3n) is 5.75. The van der Waals surface area contributed by atoms with Crippen LogP contribution in [0, 0.1) is 0 Å². The SMILES string of the molecule is CCC[CH2][Sn]([CH2]CCC)([CH2]CCC)/[C](=C\[Si][Si](C)(C)C)c1cccc(C(F)(F)F)c1. The van der Waals surface area contributed by atoms with E-state index in [0.717, 1.165) is 14.6 Å². The van der Waals surface area contributed by atoms with E-state index in [1.54, 1.807) is 6.07 Å². The molecule has 1 aromatic rings. The predicted octanol–water partition coefficient (Wildman–Crippen LogP) is 8.97. The molecule has 0 aliphatic carbocycles. The summed E-state index contributed by atoms with van der Waals surface area (Å²) in [4.78, 5) is 0. The van der Waals surface area contributed by atoms with Crippen LogP contribution < -0.4 is 0 Å². The van der Waals surface area contributed by atoms with Crippen LogP contribution in [-0.4, -0.2) is 35.0 Å². The van der Waals surface area contributed by atoms with Gasteiger partial charge in [-0.2, -0.15) is 0 Å². The van der Waals surface area contributed by atoms with E-state index >= 15 is 0 Å². The first-order chi connectivity index (χ1) is 14.0. The third-order valence-corrected chi connectivity index (χ3v) is 26.6. The molecule has 30 heavy (non-hydrogen) atoms. The Labute approximate surface area is 190 Å². The van der Waals surface area contributed by atoms with E-state index in [4.69, 9.17) is 0 Å². The second-order valence-electron chi connectivity index (χ2n) is 9.62. The summed E-state index contributed by atoms with van der Waals surface area (Å²) in [6, 6.07) is 6.27. The molecule has 2 radical (unpaired) electrons. The van der Waals surface area contributed by atoms with Crippen molar-refractivity contribution in [2.75, 3.05) is 0 Å². The summed E-state index contributed by atoms with van der Waals surface area (Å²) in [5.41, 5.74) is 2.84. The molecule has 0 fully saturated rings. The van der Waals surface area contributed by atoms with Gasteiger partial charge in [0, 0.05) is 0 Å². The molecule has 0 spiro atoms. The quantitative estimate of drug-likeness (QED) is 0.211. The van der Waals surface area contributed by atoms with Gasteiger partial charge in [0.05, 0.1) is 0 Å². The van der Waals surface area contributed by atoms with Crippen molar-refractivity contribution in [3.05, 3.63) is 41.1 Å².